The normalized spacial score (nSPS) is 12.6. The first-order valence-corrected chi connectivity index (χ1v) is 7.25. The van der Waals surface area contributed by atoms with Gasteiger partial charge in [-0.1, -0.05) is 13.8 Å². The van der Waals surface area contributed by atoms with Crippen LogP contribution in [0.4, 0.5) is 0 Å². The fourth-order valence-corrected chi connectivity index (χ4v) is 1.80. The molecule has 16 heavy (non-hydrogen) atoms. The van der Waals surface area contributed by atoms with Gasteiger partial charge in [0.1, 0.15) is 9.84 Å². The second-order valence-corrected chi connectivity index (χ2v) is 7.26. The minimum absolute atomic E-state index is 0.0377. The summed E-state index contributed by atoms with van der Waals surface area (Å²) in [6.45, 7) is 4.95. The molecule has 0 aliphatic carbocycles. The Hall–Kier alpha value is -0.620. The van der Waals surface area contributed by atoms with E-state index in [1.807, 2.05) is 13.8 Å². The van der Waals surface area contributed by atoms with Gasteiger partial charge in [0.05, 0.1) is 5.75 Å². The highest BCUT2D eigenvalue weighted by Gasteiger charge is 2.21. The maximum Gasteiger partial charge on any atom is 0.223 e. The fourth-order valence-electron chi connectivity index (χ4n) is 1.26. The van der Waals surface area contributed by atoms with Gasteiger partial charge in [-0.2, -0.15) is 0 Å². The standard InChI is InChI=1S/C10H22N2O3S/c1-10(2,7-11)8-12(3)9(13)5-6-16(4,14)15/h5-8,11H2,1-4H3. The highest BCUT2D eigenvalue weighted by molar-refractivity contribution is 7.90. The van der Waals surface area contributed by atoms with Crippen LogP contribution in [0.3, 0.4) is 0 Å². The van der Waals surface area contributed by atoms with Crippen LogP contribution in [-0.4, -0.2) is 51.4 Å². The van der Waals surface area contributed by atoms with Crippen molar-refractivity contribution in [2.45, 2.75) is 20.3 Å². The molecule has 0 unspecified atom stereocenters. The molecule has 0 aliphatic heterocycles. The van der Waals surface area contributed by atoms with Crippen LogP contribution in [0.2, 0.25) is 0 Å². The summed E-state index contributed by atoms with van der Waals surface area (Å²) in [5.41, 5.74) is 5.42. The summed E-state index contributed by atoms with van der Waals surface area (Å²) in [7, 11) is -1.41. The summed E-state index contributed by atoms with van der Waals surface area (Å²) in [4.78, 5) is 13.1. The Bertz CT molecular complexity index is 336. The van der Waals surface area contributed by atoms with Gasteiger partial charge in [-0.15, -0.1) is 0 Å². The minimum Gasteiger partial charge on any atom is -0.345 e. The smallest absolute Gasteiger partial charge is 0.223 e. The molecule has 0 rings (SSSR count). The van der Waals surface area contributed by atoms with E-state index < -0.39 is 9.84 Å². The summed E-state index contributed by atoms with van der Waals surface area (Å²) in [6.07, 6.45) is 1.17. The monoisotopic (exact) mass is 250 g/mol. The van der Waals surface area contributed by atoms with Gasteiger partial charge in [-0.3, -0.25) is 4.79 Å². The van der Waals surface area contributed by atoms with Crippen molar-refractivity contribution >= 4 is 15.7 Å². The minimum atomic E-state index is -3.07. The molecule has 0 radical (unpaired) electrons. The molecule has 0 spiro atoms. The third-order valence-electron chi connectivity index (χ3n) is 2.33. The summed E-state index contributed by atoms with van der Waals surface area (Å²) in [5, 5.41) is 0. The van der Waals surface area contributed by atoms with E-state index in [0.29, 0.717) is 13.1 Å². The Morgan fingerprint density at radius 1 is 1.38 bits per heavy atom. The maximum absolute atomic E-state index is 11.6. The highest BCUT2D eigenvalue weighted by atomic mass is 32.2. The zero-order valence-corrected chi connectivity index (χ0v) is 11.3. The Labute approximate surface area is 97.9 Å². The number of sulfone groups is 1. The van der Waals surface area contributed by atoms with Crippen molar-refractivity contribution in [1.82, 2.24) is 4.90 Å². The van der Waals surface area contributed by atoms with E-state index in [9.17, 15) is 13.2 Å². The van der Waals surface area contributed by atoms with Crippen molar-refractivity contribution < 1.29 is 13.2 Å². The number of nitrogens with zero attached hydrogens (tertiary/aromatic N) is 1. The third-order valence-corrected chi connectivity index (χ3v) is 3.28. The van der Waals surface area contributed by atoms with Crippen LogP contribution in [0.5, 0.6) is 0 Å². The molecule has 0 saturated heterocycles. The molecule has 0 bridgehead atoms. The van der Waals surface area contributed by atoms with E-state index in [0.717, 1.165) is 6.26 Å². The second-order valence-electron chi connectivity index (χ2n) is 5.00. The van der Waals surface area contributed by atoms with Crippen LogP contribution < -0.4 is 5.73 Å². The second kappa shape index (κ2) is 5.63. The van der Waals surface area contributed by atoms with E-state index in [1.54, 1.807) is 7.05 Å². The van der Waals surface area contributed by atoms with E-state index >= 15 is 0 Å². The summed E-state index contributed by atoms with van der Waals surface area (Å²) in [5.74, 6) is -0.258. The first-order valence-electron chi connectivity index (χ1n) is 5.19. The number of carbonyl (C=O) groups is 1. The molecular weight excluding hydrogens is 228 g/mol. The topological polar surface area (TPSA) is 80.5 Å². The summed E-state index contributed by atoms with van der Waals surface area (Å²) in [6, 6.07) is 0. The van der Waals surface area contributed by atoms with Crippen LogP contribution in [0.15, 0.2) is 0 Å². The van der Waals surface area contributed by atoms with Crippen molar-refractivity contribution in [2.75, 3.05) is 32.1 Å². The Kier molecular flexibility index (Phi) is 5.41. The van der Waals surface area contributed by atoms with Crippen LogP contribution >= 0.6 is 0 Å². The molecule has 0 saturated carbocycles. The van der Waals surface area contributed by atoms with Crippen LogP contribution in [-0.2, 0) is 14.6 Å². The molecule has 1 amide bonds. The molecule has 6 heteroatoms. The predicted molar refractivity (Wildman–Crippen MR) is 64.8 cm³/mol. The van der Waals surface area contributed by atoms with Crippen LogP contribution in [0, 0.1) is 5.41 Å². The Morgan fingerprint density at radius 2 is 1.88 bits per heavy atom. The maximum atomic E-state index is 11.6. The summed E-state index contributed by atoms with van der Waals surface area (Å²) < 4.78 is 21.8. The van der Waals surface area contributed by atoms with E-state index in [2.05, 4.69) is 0 Å². The Morgan fingerprint density at radius 3 is 2.25 bits per heavy atom. The van der Waals surface area contributed by atoms with Gasteiger partial charge in [-0.05, 0) is 12.0 Å². The van der Waals surface area contributed by atoms with Gasteiger partial charge in [0, 0.05) is 26.3 Å². The molecule has 2 N–H and O–H groups in total. The third kappa shape index (κ3) is 6.79. The van der Waals surface area contributed by atoms with Crippen LogP contribution in [0.1, 0.15) is 20.3 Å². The number of carbonyl (C=O) groups excluding carboxylic acids is 1. The number of rotatable bonds is 6. The largest absolute Gasteiger partial charge is 0.345 e. The van der Waals surface area contributed by atoms with E-state index in [4.69, 9.17) is 5.73 Å². The van der Waals surface area contributed by atoms with Crippen molar-refractivity contribution in [1.29, 1.82) is 0 Å². The lowest BCUT2D eigenvalue weighted by molar-refractivity contribution is -0.130. The van der Waals surface area contributed by atoms with Crippen molar-refractivity contribution in [3.05, 3.63) is 0 Å². The van der Waals surface area contributed by atoms with E-state index in [1.165, 1.54) is 4.90 Å². The number of hydrogen-bond donors (Lipinski definition) is 1. The lowest BCUT2D eigenvalue weighted by Crippen LogP contribution is -2.40. The zero-order valence-electron chi connectivity index (χ0n) is 10.5. The van der Waals surface area contributed by atoms with Crippen molar-refractivity contribution in [3.63, 3.8) is 0 Å². The molecule has 0 heterocycles. The van der Waals surface area contributed by atoms with Gasteiger partial charge in [0.2, 0.25) is 5.91 Å². The van der Waals surface area contributed by atoms with Gasteiger partial charge in [0.25, 0.3) is 0 Å². The highest BCUT2D eigenvalue weighted by Crippen LogP contribution is 2.14. The summed E-state index contributed by atoms with van der Waals surface area (Å²) >= 11 is 0. The SMILES string of the molecule is CN(CC(C)(C)CN)C(=O)CCS(C)(=O)=O. The molecule has 0 fully saturated rings. The average Bonchev–Trinajstić information content (AvgIpc) is 2.12. The molecule has 0 aromatic carbocycles. The quantitative estimate of drug-likeness (QED) is 0.712. The molecule has 0 aromatic heterocycles. The first-order chi connectivity index (χ1) is 7.07. The molecule has 0 aromatic rings. The molecule has 0 atom stereocenters. The lowest BCUT2D eigenvalue weighted by Gasteiger charge is -2.29. The van der Waals surface area contributed by atoms with Crippen molar-refractivity contribution in [2.24, 2.45) is 11.1 Å². The Balaban J connectivity index is 4.20. The zero-order chi connectivity index (χ0) is 13.0. The number of nitrogens with two attached hydrogens (primary N) is 1. The molecule has 5 nitrogen and oxygen atoms in total. The lowest BCUT2D eigenvalue weighted by atomic mass is 9.93. The number of hydrogen-bond acceptors (Lipinski definition) is 4. The fraction of sp³-hybridized carbons (Fsp3) is 0.900. The molecular formula is C10H22N2O3S. The average molecular weight is 250 g/mol. The van der Waals surface area contributed by atoms with Gasteiger partial charge >= 0.3 is 0 Å². The predicted octanol–water partition coefficient (Wildman–Crippen LogP) is -0.136. The van der Waals surface area contributed by atoms with Gasteiger partial charge in [-0.25, -0.2) is 8.42 Å². The van der Waals surface area contributed by atoms with Gasteiger partial charge < -0.3 is 10.6 Å². The van der Waals surface area contributed by atoms with Crippen LogP contribution in [0.25, 0.3) is 0 Å². The first kappa shape index (κ1) is 15.4. The van der Waals surface area contributed by atoms with E-state index in [-0.39, 0.29) is 23.5 Å². The molecule has 0 aliphatic rings. The van der Waals surface area contributed by atoms with Gasteiger partial charge in [0.15, 0.2) is 0 Å². The molecule has 96 valence electrons. The number of amides is 1. The van der Waals surface area contributed by atoms with Crippen molar-refractivity contribution in [3.8, 4) is 0 Å².